The van der Waals surface area contributed by atoms with Gasteiger partial charge in [0.1, 0.15) is 11.8 Å². The number of nitrogens with zero attached hydrogens (tertiary/aromatic N) is 1. The molecule has 9 heteroatoms. The van der Waals surface area contributed by atoms with Crippen molar-refractivity contribution in [1.82, 2.24) is 10.2 Å². The molecule has 2 amide bonds. The second-order valence-electron chi connectivity index (χ2n) is 7.41. The average Bonchev–Trinajstić information content (AvgIpc) is 2.82. The van der Waals surface area contributed by atoms with Crippen LogP contribution in [0, 0.1) is 0 Å². The maximum absolute atomic E-state index is 13.5. The molecule has 0 bridgehead atoms. The Morgan fingerprint density at radius 1 is 0.971 bits per heavy atom. The monoisotopic (exact) mass is 582 g/mol. The van der Waals surface area contributed by atoms with E-state index in [9.17, 15) is 9.59 Å². The molecule has 178 valence electrons. The highest BCUT2D eigenvalue weighted by molar-refractivity contribution is 9.10. The zero-order valence-corrected chi connectivity index (χ0v) is 22.1. The third-order valence-electron chi connectivity index (χ3n) is 5.15. The molecule has 0 spiro atoms. The van der Waals surface area contributed by atoms with E-state index in [-0.39, 0.29) is 19.1 Å². The standard InChI is InChI=1S/C25H22BrCl3N2O3/c1-30-25(33)22(12-16-6-3-2-4-7-16)31(14-18-19(27)8-5-9-20(18)28)24(32)15-34-23-11-10-17(26)13-21(23)29/h2-11,13,22H,12,14-15H2,1H3,(H,30,33)/t22-/m1/s1. The Hall–Kier alpha value is -2.25. The van der Waals surface area contributed by atoms with E-state index >= 15 is 0 Å². The third-order valence-corrected chi connectivity index (χ3v) is 6.65. The van der Waals surface area contributed by atoms with Gasteiger partial charge in [-0.25, -0.2) is 0 Å². The van der Waals surface area contributed by atoms with Crippen LogP contribution in [0.5, 0.6) is 5.75 Å². The molecule has 1 atom stereocenters. The molecule has 0 aliphatic carbocycles. The van der Waals surface area contributed by atoms with Gasteiger partial charge < -0.3 is 15.0 Å². The molecule has 3 rings (SSSR count). The maximum Gasteiger partial charge on any atom is 0.261 e. The van der Waals surface area contributed by atoms with Gasteiger partial charge in [-0.2, -0.15) is 0 Å². The van der Waals surface area contributed by atoms with E-state index in [0.717, 1.165) is 10.0 Å². The van der Waals surface area contributed by atoms with E-state index in [2.05, 4.69) is 21.2 Å². The van der Waals surface area contributed by atoms with E-state index in [1.54, 1.807) is 36.4 Å². The van der Waals surface area contributed by atoms with Gasteiger partial charge in [0, 0.05) is 40.1 Å². The van der Waals surface area contributed by atoms with Crippen LogP contribution in [0.4, 0.5) is 0 Å². The van der Waals surface area contributed by atoms with Gasteiger partial charge in [-0.15, -0.1) is 0 Å². The Labute approximate surface area is 222 Å². The van der Waals surface area contributed by atoms with Gasteiger partial charge in [-0.05, 0) is 35.9 Å². The second-order valence-corrected chi connectivity index (χ2v) is 9.54. The summed E-state index contributed by atoms with van der Waals surface area (Å²) in [5.74, 6) is -0.380. The highest BCUT2D eigenvalue weighted by Crippen LogP contribution is 2.29. The number of benzene rings is 3. The molecule has 0 unspecified atom stereocenters. The first-order chi connectivity index (χ1) is 16.3. The summed E-state index contributed by atoms with van der Waals surface area (Å²) in [5.41, 5.74) is 1.44. The molecule has 3 aromatic carbocycles. The van der Waals surface area contributed by atoms with Crippen molar-refractivity contribution in [2.24, 2.45) is 0 Å². The van der Waals surface area contributed by atoms with Crippen LogP contribution in [0.2, 0.25) is 15.1 Å². The molecular weight excluding hydrogens is 563 g/mol. The fourth-order valence-corrected chi connectivity index (χ4v) is 4.63. The first kappa shape index (κ1) is 26.4. The average molecular weight is 585 g/mol. The predicted octanol–water partition coefficient (Wildman–Crippen LogP) is 6.17. The molecule has 0 aliphatic rings. The number of hydrogen-bond acceptors (Lipinski definition) is 3. The van der Waals surface area contributed by atoms with Gasteiger partial charge in [-0.3, -0.25) is 9.59 Å². The van der Waals surface area contributed by atoms with Crippen molar-refractivity contribution in [1.29, 1.82) is 0 Å². The van der Waals surface area contributed by atoms with Crippen molar-refractivity contribution in [3.63, 3.8) is 0 Å². The number of halogens is 4. The molecule has 0 aliphatic heterocycles. The highest BCUT2D eigenvalue weighted by atomic mass is 79.9. The predicted molar refractivity (Wildman–Crippen MR) is 140 cm³/mol. The molecule has 0 saturated carbocycles. The Bertz CT molecular complexity index is 1140. The van der Waals surface area contributed by atoms with Crippen molar-refractivity contribution >= 4 is 62.5 Å². The zero-order chi connectivity index (χ0) is 24.7. The molecule has 34 heavy (non-hydrogen) atoms. The molecule has 5 nitrogen and oxygen atoms in total. The van der Waals surface area contributed by atoms with E-state index in [0.29, 0.717) is 32.8 Å². The minimum Gasteiger partial charge on any atom is -0.482 e. The maximum atomic E-state index is 13.5. The smallest absolute Gasteiger partial charge is 0.261 e. The van der Waals surface area contributed by atoms with Crippen molar-refractivity contribution in [2.75, 3.05) is 13.7 Å². The lowest BCUT2D eigenvalue weighted by Gasteiger charge is -2.31. The summed E-state index contributed by atoms with van der Waals surface area (Å²) < 4.78 is 6.49. The summed E-state index contributed by atoms with van der Waals surface area (Å²) >= 11 is 22.3. The van der Waals surface area contributed by atoms with Crippen LogP contribution >= 0.6 is 50.7 Å². The Balaban J connectivity index is 1.93. The van der Waals surface area contributed by atoms with E-state index in [1.165, 1.54) is 11.9 Å². The third kappa shape index (κ3) is 6.89. The van der Waals surface area contributed by atoms with E-state index in [4.69, 9.17) is 39.5 Å². The summed E-state index contributed by atoms with van der Waals surface area (Å²) in [7, 11) is 1.53. The first-order valence-electron chi connectivity index (χ1n) is 10.4. The summed E-state index contributed by atoms with van der Waals surface area (Å²) in [6.07, 6.45) is 0.299. The zero-order valence-electron chi connectivity index (χ0n) is 18.2. The summed E-state index contributed by atoms with van der Waals surface area (Å²) in [5, 5.41) is 3.82. The van der Waals surface area contributed by atoms with Crippen LogP contribution in [0.3, 0.4) is 0 Å². The van der Waals surface area contributed by atoms with E-state index in [1.807, 2.05) is 30.3 Å². The largest absolute Gasteiger partial charge is 0.482 e. The van der Waals surface area contributed by atoms with Gasteiger partial charge in [0.15, 0.2) is 6.61 Å². The van der Waals surface area contributed by atoms with Gasteiger partial charge in [-0.1, -0.05) is 87.1 Å². The van der Waals surface area contributed by atoms with Gasteiger partial charge in [0.05, 0.1) is 5.02 Å². The highest BCUT2D eigenvalue weighted by Gasteiger charge is 2.31. The van der Waals surface area contributed by atoms with Crippen molar-refractivity contribution < 1.29 is 14.3 Å². The number of carbonyl (C=O) groups is 2. The van der Waals surface area contributed by atoms with Crippen LogP contribution in [0.15, 0.2) is 71.2 Å². The quantitative estimate of drug-likeness (QED) is 0.327. The number of nitrogens with one attached hydrogen (secondary N) is 1. The minimum atomic E-state index is -0.823. The minimum absolute atomic E-state index is 0.0275. The number of hydrogen-bond donors (Lipinski definition) is 1. The molecular formula is C25H22BrCl3N2O3. The normalized spacial score (nSPS) is 11.6. The SMILES string of the molecule is CNC(=O)[C@@H](Cc1ccccc1)N(Cc1c(Cl)cccc1Cl)C(=O)COc1ccc(Br)cc1Cl. The molecule has 3 aromatic rings. The topological polar surface area (TPSA) is 58.6 Å². The summed E-state index contributed by atoms with van der Waals surface area (Å²) in [6, 6.07) is 18.8. The van der Waals surface area contributed by atoms with Crippen LogP contribution in [-0.2, 0) is 22.6 Å². The van der Waals surface area contributed by atoms with Crippen LogP contribution in [0.1, 0.15) is 11.1 Å². The van der Waals surface area contributed by atoms with Crippen molar-refractivity contribution in [2.45, 2.75) is 19.0 Å². The lowest BCUT2D eigenvalue weighted by molar-refractivity contribution is -0.142. The number of ether oxygens (including phenoxy) is 1. The fourth-order valence-electron chi connectivity index (χ4n) is 3.39. The molecule has 0 radical (unpaired) electrons. The summed E-state index contributed by atoms with van der Waals surface area (Å²) in [4.78, 5) is 27.8. The Kier molecular flexibility index (Phi) is 9.65. The van der Waals surface area contributed by atoms with Crippen molar-refractivity contribution in [3.05, 3.63) is 97.4 Å². The van der Waals surface area contributed by atoms with Crippen LogP contribution in [-0.4, -0.2) is 36.4 Å². The molecule has 0 fully saturated rings. The molecule has 0 saturated heterocycles. The molecule has 0 heterocycles. The van der Waals surface area contributed by atoms with Crippen LogP contribution in [0.25, 0.3) is 0 Å². The number of carbonyl (C=O) groups excluding carboxylic acids is 2. The van der Waals surface area contributed by atoms with Gasteiger partial charge >= 0.3 is 0 Å². The second kappa shape index (κ2) is 12.5. The number of rotatable bonds is 9. The van der Waals surface area contributed by atoms with Gasteiger partial charge in [0.25, 0.3) is 5.91 Å². The first-order valence-corrected chi connectivity index (χ1v) is 12.3. The summed E-state index contributed by atoms with van der Waals surface area (Å²) in [6.45, 7) is -0.300. The van der Waals surface area contributed by atoms with Crippen molar-refractivity contribution in [3.8, 4) is 5.75 Å². The number of likely N-dealkylation sites (N-methyl/N-ethyl adjacent to an activating group) is 1. The number of amides is 2. The lowest BCUT2D eigenvalue weighted by Crippen LogP contribution is -2.51. The molecule has 0 aromatic heterocycles. The molecule has 1 N–H and O–H groups in total. The van der Waals surface area contributed by atoms with E-state index < -0.39 is 11.9 Å². The lowest BCUT2D eigenvalue weighted by atomic mass is 10.0. The van der Waals surface area contributed by atoms with Crippen LogP contribution < -0.4 is 10.1 Å². The Morgan fingerprint density at radius 2 is 1.65 bits per heavy atom. The fraction of sp³-hybridized carbons (Fsp3) is 0.200. The Morgan fingerprint density at radius 3 is 2.26 bits per heavy atom. The van der Waals surface area contributed by atoms with Gasteiger partial charge in [0.2, 0.25) is 5.91 Å².